The van der Waals surface area contributed by atoms with E-state index in [9.17, 15) is 28.2 Å². The van der Waals surface area contributed by atoms with Crippen LogP contribution in [0, 0.1) is 0 Å². The largest absolute Gasteiger partial charge is 0.504 e. The van der Waals surface area contributed by atoms with E-state index < -0.39 is 17.9 Å². The number of carbonyl (C=O) groups is 1. The number of urea groups is 1. The van der Waals surface area contributed by atoms with Gasteiger partial charge < -0.3 is 15.5 Å². The molecule has 4 aromatic rings. The summed E-state index contributed by atoms with van der Waals surface area (Å²) >= 11 is 0. The average molecular weight is 458 g/mol. The average Bonchev–Trinajstić information content (AvgIpc) is 3.27. The summed E-state index contributed by atoms with van der Waals surface area (Å²) in [7, 11) is 0. The van der Waals surface area contributed by atoms with Crippen molar-refractivity contribution in [3.05, 3.63) is 54.6 Å². The molecule has 0 saturated heterocycles. The fraction of sp³-hybridized carbons (Fsp3) is 0.143. The zero-order valence-electron chi connectivity index (χ0n) is 17.1. The SMILES string of the molecule is CCNC(=O)Nc1cc(-n2ccc(C(F)(F)F)n2)c(-c2cnc3ccc(O)c(O)c3c2)cn1. The zero-order chi connectivity index (χ0) is 23.8. The number of hydrogen-bond acceptors (Lipinski definition) is 6. The molecule has 0 aliphatic heterocycles. The van der Waals surface area contributed by atoms with E-state index in [4.69, 9.17) is 0 Å². The van der Waals surface area contributed by atoms with Crippen LogP contribution >= 0.6 is 0 Å². The van der Waals surface area contributed by atoms with Crippen molar-refractivity contribution in [2.24, 2.45) is 0 Å². The Hall–Kier alpha value is -4.35. The second-order valence-electron chi connectivity index (χ2n) is 6.94. The Morgan fingerprint density at radius 2 is 1.91 bits per heavy atom. The number of nitrogens with one attached hydrogen (secondary N) is 2. The van der Waals surface area contributed by atoms with Crippen LogP contribution in [0.25, 0.3) is 27.7 Å². The number of hydrogen-bond donors (Lipinski definition) is 4. The molecular formula is C21H17F3N6O3. The first-order valence-electron chi connectivity index (χ1n) is 9.66. The molecule has 0 aliphatic carbocycles. The van der Waals surface area contributed by atoms with Gasteiger partial charge in [-0.25, -0.2) is 14.5 Å². The van der Waals surface area contributed by atoms with Crippen molar-refractivity contribution in [1.29, 1.82) is 0 Å². The molecule has 4 N–H and O–H groups in total. The first kappa shape index (κ1) is 21.9. The van der Waals surface area contributed by atoms with Gasteiger partial charge in [-0.1, -0.05) is 0 Å². The van der Waals surface area contributed by atoms with Gasteiger partial charge in [0.1, 0.15) is 5.82 Å². The number of aromatic nitrogens is 4. The highest BCUT2D eigenvalue weighted by molar-refractivity contribution is 5.92. The minimum atomic E-state index is -4.64. The first-order valence-corrected chi connectivity index (χ1v) is 9.66. The molecule has 3 heterocycles. The molecular weight excluding hydrogens is 441 g/mol. The summed E-state index contributed by atoms with van der Waals surface area (Å²) in [5.74, 6) is -0.648. The summed E-state index contributed by atoms with van der Waals surface area (Å²) in [5.41, 5.74) is 0.192. The third-order valence-electron chi connectivity index (χ3n) is 4.71. The second-order valence-corrected chi connectivity index (χ2v) is 6.94. The van der Waals surface area contributed by atoms with Crippen molar-refractivity contribution >= 4 is 22.8 Å². The molecule has 0 atom stereocenters. The van der Waals surface area contributed by atoms with Crippen LogP contribution in [0.3, 0.4) is 0 Å². The highest BCUT2D eigenvalue weighted by Crippen LogP contribution is 2.36. The van der Waals surface area contributed by atoms with Crippen LogP contribution < -0.4 is 10.6 Å². The number of benzene rings is 1. The van der Waals surface area contributed by atoms with Crippen LogP contribution in [0.1, 0.15) is 12.6 Å². The molecule has 0 saturated carbocycles. The molecule has 0 unspecified atom stereocenters. The van der Waals surface area contributed by atoms with Gasteiger partial charge in [-0.2, -0.15) is 18.3 Å². The van der Waals surface area contributed by atoms with E-state index in [1.54, 1.807) is 6.92 Å². The van der Waals surface area contributed by atoms with Gasteiger partial charge in [-0.3, -0.25) is 10.3 Å². The standard InChI is InChI=1S/C21H17F3N6O3/c1-2-25-20(33)28-18-8-15(30-6-5-17(29-30)21(22,23)24)13(10-27-18)11-7-12-14(26-9-11)3-4-16(31)19(12)32/h3-10,31-32H,2H2,1H3,(H2,25,27,28,33). The quantitative estimate of drug-likeness (QED) is 0.342. The summed E-state index contributed by atoms with van der Waals surface area (Å²) in [6.45, 7) is 2.09. The van der Waals surface area contributed by atoms with E-state index in [1.807, 2.05) is 0 Å². The number of nitrogens with zero attached hydrogens (tertiary/aromatic N) is 4. The van der Waals surface area contributed by atoms with Crippen molar-refractivity contribution in [1.82, 2.24) is 25.1 Å². The molecule has 33 heavy (non-hydrogen) atoms. The lowest BCUT2D eigenvalue weighted by molar-refractivity contribution is -0.141. The smallest absolute Gasteiger partial charge is 0.435 e. The fourth-order valence-electron chi connectivity index (χ4n) is 3.18. The highest BCUT2D eigenvalue weighted by atomic mass is 19.4. The van der Waals surface area contributed by atoms with E-state index in [-0.39, 0.29) is 28.4 Å². The number of phenolic OH excluding ortho intramolecular Hbond substituents is 2. The summed E-state index contributed by atoms with van der Waals surface area (Å²) < 4.78 is 40.4. The van der Waals surface area contributed by atoms with Gasteiger partial charge in [0.25, 0.3) is 0 Å². The monoisotopic (exact) mass is 458 g/mol. The fourth-order valence-corrected chi connectivity index (χ4v) is 3.18. The van der Waals surface area contributed by atoms with Crippen LogP contribution in [-0.4, -0.2) is 42.5 Å². The maximum Gasteiger partial charge on any atom is 0.435 e. The first-order chi connectivity index (χ1) is 15.7. The van der Waals surface area contributed by atoms with Crippen LogP contribution in [0.2, 0.25) is 0 Å². The van der Waals surface area contributed by atoms with Crippen molar-refractivity contribution in [3.8, 4) is 28.3 Å². The maximum atomic E-state index is 13.1. The second kappa shape index (κ2) is 8.30. The molecule has 0 aliphatic rings. The van der Waals surface area contributed by atoms with Gasteiger partial charge in [0.2, 0.25) is 0 Å². The number of pyridine rings is 2. The zero-order valence-corrected chi connectivity index (χ0v) is 17.1. The van der Waals surface area contributed by atoms with Gasteiger partial charge in [0, 0.05) is 47.7 Å². The summed E-state index contributed by atoms with van der Waals surface area (Å²) in [6.07, 6.45) is -0.720. The number of rotatable bonds is 4. The molecule has 170 valence electrons. The lowest BCUT2D eigenvalue weighted by atomic mass is 10.0. The van der Waals surface area contributed by atoms with E-state index in [2.05, 4.69) is 25.7 Å². The Morgan fingerprint density at radius 1 is 1.12 bits per heavy atom. The summed E-state index contributed by atoms with van der Waals surface area (Å²) in [6, 6.07) is 5.97. The van der Waals surface area contributed by atoms with Crippen molar-refractivity contribution < 1.29 is 28.2 Å². The van der Waals surface area contributed by atoms with E-state index >= 15 is 0 Å². The van der Waals surface area contributed by atoms with Crippen LogP contribution in [0.15, 0.2) is 48.9 Å². The molecule has 4 rings (SSSR count). The van der Waals surface area contributed by atoms with Crippen molar-refractivity contribution in [3.63, 3.8) is 0 Å². The number of carbonyl (C=O) groups excluding carboxylic acids is 1. The number of alkyl halides is 3. The predicted octanol–water partition coefficient (Wildman–Crippen LogP) is 4.05. The highest BCUT2D eigenvalue weighted by Gasteiger charge is 2.34. The van der Waals surface area contributed by atoms with Gasteiger partial charge in [-0.15, -0.1) is 0 Å². The molecule has 0 bridgehead atoms. The number of anilines is 1. The van der Waals surface area contributed by atoms with E-state index in [0.29, 0.717) is 23.2 Å². The topological polar surface area (TPSA) is 125 Å². The Bertz CT molecular complexity index is 1350. The van der Waals surface area contributed by atoms with Crippen molar-refractivity contribution in [2.45, 2.75) is 13.1 Å². The van der Waals surface area contributed by atoms with Crippen LogP contribution in [0.4, 0.5) is 23.8 Å². The minimum absolute atomic E-state index is 0.0815. The Labute approximate surface area is 184 Å². The third kappa shape index (κ3) is 4.35. The normalized spacial score (nSPS) is 11.5. The predicted molar refractivity (Wildman–Crippen MR) is 113 cm³/mol. The third-order valence-corrected chi connectivity index (χ3v) is 4.71. The van der Waals surface area contributed by atoms with Gasteiger partial charge in [0.05, 0.1) is 11.2 Å². The molecule has 0 spiro atoms. The molecule has 3 aromatic heterocycles. The summed E-state index contributed by atoms with van der Waals surface area (Å²) in [5, 5.41) is 28.9. The molecule has 1 aromatic carbocycles. The van der Waals surface area contributed by atoms with Gasteiger partial charge in [0.15, 0.2) is 17.2 Å². The van der Waals surface area contributed by atoms with E-state index in [1.165, 1.54) is 36.7 Å². The Balaban J connectivity index is 1.87. The lowest BCUT2D eigenvalue weighted by Crippen LogP contribution is -2.28. The van der Waals surface area contributed by atoms with Crippen molar-refractivity contribution in [2.75, 3.05) is 11.9 Å². The van der Waals surface area contributed by atoms with Gasteiger partial charge in [-0.05, 0) is 31.2 Å². The molecule has 12 heteroatoms. The number of amides is 2. The number of phenols is 2. The molecule has 2 amide bonds. The molecule has 9 nitrogen and oxygen atoms in total. The van der Waals surface area contributed by atoms with Gasteiger partial charge >= 0.3 is 12.2 Å². The van der Waals surface area contributed by atoms with Crippen LogP contribution in [-0.2, 0) is 6.18 Å². The summed E-state index contributed by atoms with van der Waals surface area (Å²) in [4.78, 5) is 20.3. The number of fused-ring (bicyclic) bond motifs is 1. The molecule has 0 fully saturated rings. The Kier molecular flexibility index (Phi) is 5.50. The number of halogens is 3. The van der Waals surface area contributed by atoms with Crippen LogP contribution in [0.5, 0.6) is 11.5 Å². The Morgan fingerprint density at radius 3 is 2.61 bits per heavy atom. The maximum absolute atomic E-state index is 13.1. The van der Waals surface area contributed by atoms with E-state index in [0.717, 1.165) is 16.9 Å². The lowest BCUT2D eigenvalue weighted by Gasteiger charge is -2.13. The molecule has 0 radical (unpaired) electrons. The number of aromatic hydroxyl groups is 2. The minimum Gasteiger partial charge on any atom is -0.504 e.